The van der Waals surface area contributed by atoms with Crippen LogP contribution in [0.15, 0.2) is 30.6 Å². The summed E-state index contributed by atoms with van der Waals surface area (Å²) in [5.41, 5.74) is 10.4. The molecule has 3 heteroatoms. The topological polar surface area (TPSA) is 43.8 Å². The monoisotopic (exact) mass is 215 g/mol. The molecule has 0 saturated carbocycles. The van der Waals surface area contributed by atoms with Gasteiger partial charge in [0, 0.05) is 6.20 Å². The second-order valence-corrected chi connectivity index (χ2v) is 4.13. The Morgan fingerprint density at radius 1 is 1.25 bits per heavy atom. The maximum atomic E-state index is 5.63. The lowest BCUT2D eigenvalue weighted by molar-refractivity contribution is 0.849. The molecule has 16 heavy (non-hydrogen) atoms. The lowest BCUT2D eigenvalue weighted by atomic mass is 10.1. The summed E-state index contributed by atoms with van der Waals surface area (Å²) in [6, 6.07) is 6.39. The highest BCUT2D eigenvalue weighted by atomic mass is 15.3. The molecule has 0 radical (unpaired) electrons. The molecule has 3 nitrogen and oxygen atoms in total. The zero-order chi connectivity index (χ0) is 11.5. The van der Waals surface area contributed by atoms with Gasteiger partial charge in [-0.1, -0.05) is 17.7 Å². The maximum absolute atomic E-state index is 5.63. The second kappa shape index (κ2) is 4.49. The van der Waals surface area contributed by atoms with Crippen LogP contribution >= 0.6 is 0 Å². The van der Waals surface area contributed by atoms with Crippen LogP contribution < -0.4 is 5.73 Å². The van der Waals surface area contributed by atoms with Crippen molar-refractivity contribution in [2.75, 3.05) is 6.54 Å². The first-order valence-electron chi connectivity index (χ1n) is 5.52. The minimum Gasteiger partial charge on any atom is -0.330 e. The number of nitrogens with two attached hydrogens (primary N) is 1. The molecule has 0 aliphatic heterocycles. The number of nitrogens with zero attached hydrogens (tertiary/aromatic N) is 2. The summed E-state index contributed by atoms with van der Waals surface area (Å²) in [5, 5.41) is 4.33. The fourth-order valence-electron chi connectivity index (χ4n) is 1.84. The van der Waals surface area contributed by atoms with E-state index >= 15 is 0 Å². The van der Waals surface area contributed by atoms with Gasteiger partial charge in [0.25, 0.3) is 0 Å². The van der Waals surface area contributed by atoms with Crippen molar-refractivity contribution in [3.8, 4) is 5.69 Å². The summed E-state index contributed by atoms with van der Waals surface area (Å²) in [7, 11) is 0. The standard InChI is InChI=1S/C13H17N3/c1-10-3-4-13(12(7-10)5-6-14)16-9-11(2)8-15-16/h3-4,7-9H,5-6,14H2,1-2H3. The van der Waals surface area contributed by atoms with Crippen molar-refractivity contribution >= 4 is 0 Å². The van der Waals surface area contributed by atoms with E-state index in [9.17, 15) is 0 Å². The molecule has 0 amide bonds. The summed E-state index contributed by atoms with van der Waals surface area (Å²) >= 11 is 0. The van der Waals surface area contributed by atoms with Gasteiger partial charge in [-0.2, -0.15) is 5.10 Å². The molecule has 1 aromatic carbocycles. The zero-order valence-corrected chi connectivity index (χ0v) is 9.77. The van der Waals surface area contributed by atoms with Crippen molar-refractivity contribution in [1.29, 1.82) is 0 Å². The Bertz CT molecular complexity index is 486. The van der Waals surface area contributed by atoms with E-state index in [-0.39, 0.29) is 0 Å². The Labute approximate surface area is 95.9 Å². The molecular weight excluding hydrogens is 198 g/mol. The van der Waals surface area contributed by atoms with Gasteiger partial charge in [0.2, 0.25) is 0 Å². The van der Waals surface area contributed by atoms with Crippen LogP contribution in [-0.4, -0.2) is 16.3 Å². The maximum Gasteiger partial charge on any atom is 0.0678 e. The van der Waals surface area contributed by atoms with Crippen molar-refractivity contribution in [3.63, 3.8) is 0 Å². The third kappa shape index (κ3) is 2.14. The predicted molar refractivity (Wildman–Crippen MR) is 65.8 cm³/mol. The van der Waals surface area contributed by atoms with Crippen LogP contribution in [0, 0.1) is 13.8 Å². The summed E-state index contributed by atoms with van der Waals surface area (Å²) in [6.45, 7) is 4.80. The molecule has 1 aromatic heterocycles. The van der Waals surface area contributed by atoms with Crippen LogP contribution in [0.25, 0.3) is 5.69 Å². The van der Waals surface area contributed by atoms with Crippen LogP contribution in [0.3, 0.4) is 0 Å². The van der Waals surface area contributed by atoms with Crippen LogP contribution in [0.1, 0.15) is 16.7 Å². The van der Waals surface area contributed by atoms with E-state index in [0.717, 1.165) is 12.1 Å². The van der Waals surface area contributed by atoms with Crippen LogP contribution in [0.4, 0.5) is 0 Å². The van der Waals surface area contributed by atoms with Gasteiger partial charge in [0.1, 0.15) is 0 Å². The minimum absolute atomic E-state index is 0.663. The average molecular weight is 215 g/mol. The van der Waals surface area contributed by atoms with E-state index in [0.29, 0.717) is 6.54 Å². The molecule has 0 aliphatic rings. The summed E-state index contributed by atoms with van der Waals surface area (Å²) < 4.78 is 1.92. The molecule has 84 valence electrons. The largest absolute Gasteiger partial charge is 0.330 e. The fourth-order valence-corrected chi connectivity index (χ4v) is 1.84. The average Bonchev–Trinajstić information content (AvgIpc) is 2.65. The highest BCUT2D eigenvalue weighted by molar-refractivity contribution is 5.43. The Balaban J connectivity index is 2.47. The van der Waals surface area contributed by atoms with Gasteiger partial charge in [-0.15, -0.1) is 0 Å². The van der Waals surface area contributed by atoms with Crippen LogP contribution in [-0.2, 0) is 6.42 Å². The molecule has 0 atom stereocenters. The molecule has 2 rings (SSSR count). The molecule has 0 unspecified atom stereocenters. The summed E-state index contributed by atoms with van der Waals surface area (Å²) in [4.78, 5) is 0. The SMILES string of the molecule is Cc1ccc(-n2cc(C)cn2)c(CCN)c1. The first kappa shape index (κ1) is 10.9. The third-order valence-electron chi connectivity index (χ3n) is 2.61. The van der Waals surface area contributed by atoms with Crippen molar-refractivity contribution in [2.45, 2.75) is 20.3 Å². The number of rotatable bonds is 3. The Morgan fingerprint density at radius 3 is 2.69 bits per heavy atom. The van der Waals surface area contributed by atoms with Gasteiger partial charge < -0.3 is 5.73 Å². The summed E-state index contributed by atoms with van der Waals surface area (Å²) in [5.74, 6) is 0. The highest BCUT2D eigenvalue weighted by Crippen LogP contribution is 2.16. The molecule has 2 aromatic rings. The van der Waals surface area contributed by atoms with E-state index in [2.05, 4.69) is 30.2 Å². The van der Waals surface area contributed by atoms with Gasteiger partial charge in [-0.05, 0) is 44.0 Å². The van der Waals surface area contributed by atoms with Gasteiger partial charge in [-0.25, -0.2) is 4.68 Å². The smallest absolute Gasteiger partial charge is 0.0678 e. The molecule has 0 bridgehead atoms. The Hall–Kier alpha value is -1.61. The van der Waals surface area contributed by atoms with Gasteiger partial charge in [-0.3, -0.25) is 0 Å². The molecule has 0 saturated heterocycles. The molecule has 0 fully saturated rings. The first-order chi connectivity index (χ1) is 7.70. The van der Waals surface area contributed by atoms with Crippen LogP contribution in [0.5, 0.6) is 0 Å². The van der Waals surface area contributed by atoms with Crippen LogP contribution in [0.2, 0.25) is 0 Å². The highest BCUT2D eigenvalue weighted by Gasteiger charge is 2.05. The number of benzene rings is 1. The van der Waals surface area contributed by atoms with E-state index in [1.807, 2.05) is 24.0 Å². The normalized spacial score (nSPS) is 10.7. The molecule has 0 spiro atoms. The van der Waals surface area contributed by atoms with Gasteiger partial charge in [0.05, 0.1) is 11.9 Å². The van der Waals surface area contributed by atoms with Crippen molar-refractivity contribution in [3.05, 3.63) is 47.3 Å². The van der Waals surface area contributed by atoms with Gasteiger partial charge in [0.15, 0.2) is 0 Å². The quantitative estimate of drug-likeness (QED) is 0.851. The molecule has 1 heterocycles. The van der Waals surface area contributed by atoms with E-state index in [1.165, 1.54) is 16.7 Å². The van der Waals surface area contributed by atoms with E-state index < -0.39 is 0 Å². The number of aromatic nitrogens is 2. The molecule has 2 N–H and O–H groups in total. The number of hydrogen-bond acceptors (Lipinski definition) is 2. The van der Waals surface area contributed by atoms with Gasteiger partial charge >= 0.3 is 0 Å². The summed E-state index contributed by atoms with van der Waals surface area (Å²) in [6.07, 6.45) is 4.78. The molecular formula is C13H17N3. The lowest BCUT2D eigenvalue weighted by Gasteiger charge is -2.09. The fraction of sp³-hybridized carbons (Fsp3) is 0.308. The minimum atomic E-state index is 0.663. The Kier molecular flexibility index (Phi) is 3.06. The predicted octanol–water partition coefficient (Wildman–Crippen LogP) is 1.99. The molecule has 0 aliphatic carbocycles. The first-order valence-corrected chi connectivity index (χ1v) is 5.52. The zero-order valence-electron chi connectivity index (χ0n) is 9.77. The van der Waals surface area contributed by atoms with E-state index in [4.69, 9.17) is 5.73 Å². The second-order valence-electron chi connectivity index (χ2n) is 4.13. The van der Waals surface area contributed by atoms with Crippen molar-refractivity contribution in [1.82, 2.24) is 9.78 Å². The lowest BCUT2D eigenvalue weighted by Crippen LogP contribution is -2.07. The number of aryl methyl sites for hydroxylation is 2. The third-order valence-corrected chi connectivity index (χ3v) is 2.61. The number of hydrogen-bond donors (Lipinski definition) is 1. The van der Waals surface area contributed by atoms with Crippen molar-refractivity contribution < 1.29 is 0 Å². The van der Waals surface area contributed by atoms with Crippen molar-refractivity contribution in [2.24, 2.45) is 5.73 Å². The van der Waals surface area contributed by atoms with E-state index in [1.54, 1.807) is 0 Å². The Morgan fingerprint density at radius 2 is 2.06 bits per heavy atom.